The van der Waals surface area contributed by atoms with E-state index in [1.807, 2.05) is 18.2 Å². The van der Waals surface area contributed by atoms with E-state index in [9.17, 15) is 9.59 Å². The van der Waals surface area contributed by atoms with E-state index >= 15 is 0 Å². The molecule has 0 fully saturated rings. The lowest BCUT2D eigenvalue weighted by Gasteiger charge is -2.31. The second-order valence-electron chi connectivity index (χ2n) is 7.37. The summed E-state index contributed by atoms with van der Waals surface area (Å²) in [5.41, 5.74) is 1.27. The summed E-state index contributed by atoms with van der Waals surface area (Å²) in [5.74, 6) is 1.09. The number of fused-ring (bicyclic) bond motifs is 1. The molecule has 2 atom stereocenters. The summed E-state index contributed by atoms with van der Waals surface area (Å²) in [4.78, 5) is 25.6. The summed E-state index contributed by atoms with van der Waals surface area (Å²) in [5, 5.41) is 5.63. The smallest absolute Gasteiger partial charge is 0.269 e. The summed E-state index contributed by atoms with van der Waals surface area (Å²) >= 11 is 0. The van der Waals surface area contributed by atoms with Crippen LogP contribution in [-0.4, -0.2) is 38.2 Å². The standard InChI is InChI=1S/C25H24N2O6/c1-15-23(33-20-12-8-7-11-19(20)32-15)25(29)27-18-14-21(30-2)17(13-22(18)31-3)26-24(28)16-9-5-4-6-10-16/h4-15,23H,1-3H3,(H,26,28)(H,27,29)/t15-,23+/m1/s1. The van der Waals surface area contributed by atoms with Gasteiger partial charge in [-0.15, -0.1) is 0 Å². The molecule has 1 aliphatic heterocycles. The third-order valence-corrected chi connectivity index (χ3v) is 5.16. The van der Waals surface area contributed by atoms with Crippen molar-refractivity contribution < 1.29 is 28.5 Å². The molecule has 170 valence electrons. The Kier molecular flexibility index (Phi) is 6.35. The SMILES string of the molecule is COc1cc(NC(=O)[C@H]2Oc3ccccc3O[C@@H]2C)c(OC)cc1NC(=O)c1ccccc1. The first-order valence-electron chi connectivity index (χ1n) is 10.4. The van der Waals surface area contributed by atoms with Gasteiger partial charge in [0.15, 0.2) is 11.5 Å². The number of carbonyl (C=O) groups is 2. The van der Waals surface area contributed by atoms with Crippen LogP contribution in [0.4, 0.5) is 11.4 Å². The fourth-order valence-electron chi connectivity index (χ4n) is 3.49. The Labute approximate surface area is 191 Å². The van der Waals surface area contributed by atoms with E-state index in [4.69, 9.17) is 18.9 Å². The number of nitrogens with one attached hydrogen (secondary N) is 2. The fourth-order valence-corrected chi connectivity index (χ4v) is 3.49. The molecule has 8 nitrogen and oxygen atoms in total. The molecule has 2 amide bonds. The van der Waals surface area contributed by atoms with Crippen LogP contribution in [-0.2, 0) is 4.79 Å². The molecule has 33 heavy (non-hydrogen) atoms. The fraction of sp³-hybridized carbons (Fsp3) is 0.200. The summed E-state index contributed by atoms with van der Waals surface area (Å²) in [6, 6.07) is 19.2. The van der Waals surface area contributed by atoms with Gasteiger partial charge in [0.1, 0.15) is 17.6 Å². The van der Waals surface area contributed by atoms with Crippen LogP contribution >= 0.6 is 0 Å². The minimum atomic E-state index is -0.868. The van der Waals surface area contributed by atoms with Gasteiger partial charge in [0.05, 0.1) is 25.6 Å². The maximum atomic E-state index is 13.0. The molecular weight excluding hydrogens is 424 g/mol. The number of amides is 2. The van der Waals surface area contributed by atoms with E-state index in [1.165, 1.54) is 14.2 Å². The molecule has 3 aromatic carbocycles. The van der Waals surface area contributed by atoms with Crippen molar-refractivity contribution >= 4 is 23.2 Å². The molecule has 0 radical (unpaired) electrons. The van der Waals surface area contributed by atoms with Gasteiger partial charge in [-0.05, 0) is 31.2 Å². The van der Waals surface area contributed by atoms with Gasteiger partial charge in [-0.1, -0.05) is 30.3 Å². The topological polar surface area (TPSA) is 95.1 Å². The number of carbonyl (C=O) groups excluding carboxylic acids is 2. The number of benzene rings is 3. The Morgan fingerprint density at radius 3 is 1.94 bits per heavy atom. The largest absolute Gasteiger partial charge is 0.494 e. The summed E-state index contributed by atoms with van der Waals surface area (Å²) in [6.07, 6.45) is -1.37. The van der Waals surface area contributed by atoms with Crippen molar-refractivity contribution in [2.45, 2.75) is 19.1 Å². The molecule has 8 heteroatoms. The summed E-state index contributed by atoms with van der Waals surface area (Å²) in [6.45, 7) is 1.76. The average molecular weight is 448 g/mol. The second kappa shape index (κ2) is 9.52. The molecule has 0 aromatic heterocycles. The van der Waals surface area contributed by atoms with Crippen LogP contribution in [0.25, 0.3) is 0 Å². The molecule has 0 spiro atoms. The van der Waals surface area contributed by atoms with E-state index in [0.29, 0.717) is 39.9 Å². The van der Waals surface area contributed by atoms with Gasteiger partial charge in [0, 0.05) is 17.7 Å². The summed E-state index contributed by atoms with van der Waals surface area (Å²) < 4.78 is 22.6. The normalized spacial score (nSPS) is 16.5. The van der Waals surface area contributed by atoms with E-state index < -0.39 is 18.1 Å². The predicted molar refractivity (Wildman–Crippen MR) is 124 cm³/mol. The quantitative estimate of drug-likeness (QED) is 0.589. The van der Waals surface area contributed by atoms with Crippen molar-refractivity contribution in [2.75, 3.05) is 24.9 Å². The van der Waals surface area contributed by atoms with E-state index in [-0.39, 0.29) is 5.91 Å². The van der Waals surface area contributed by atoms with Crippen LogP contribution < -0.4 is 29.6 Å². The number of para-hydroxylation sites is 2. The van der Waals surface area contributed by atoms with Gasteiger partial charge in [-0.2, -0.15) is 0 Å². The first-order valence-corrected chi connectivity index (χ1v) is 10.4. The predicted octanol–water partition coefficient (Wildman–Crippen LogP) is 4.12. The van der Waals surface area contributed by atoms with E-state index in [2.05, 4.69) is 10.6 Å². The number of hydrogen-bond donors (Lipinski definition) is 2. The van der Waals surface area contributed by atoms with Crippen molar-refractivity contribution in [1.82, 2.24) is 0 Å². The molecule has 0 saturated heterocycles. The van der Waals surface area contributed by atoms with Gasteiger partial charge in [0.25, 0.3) is 11.8 Å². The number of methoxy groups -OCH3 is 2. The van der Waals surface area contributed by atoms with Crippen molar-refractivity contribution in [3.05, 3.63) is 72.3 Å². The molecular formula is C25H24N2O6. The third kappa shape index (κ3) is 4.69. The molecule has 1 heterocycles. The molecule has 0 saturated carbocycles. The zero-order valence-corrected chi connectivity index (χ0v) is 18.5. The van der Waals surface area contributed by atoms with Gasteiger partial charge < -0.3 is 29.6 Å². The lowest BCUT2D eigenvalue weighted by molar-refractivity contribution is -0.128. The van der Waals surface area contributed by atoms with Crippen molar-refractivity contribution in [2.24, 2.45) is 0 Å². The molecule has 1 aliphatic rings. The minimum Gasteiger partial charge on any atom is -0.494 e. The van der Waals surface area contributed by atoms with Crippen LogP contribution in [0.3, 0.4) is 0 Å². The Balaban J connectivity index is 1.55. The second-order valence-corrected chi connectivity index (χ2v) is 7.37. The van der Waals surface area contributed by atoms with Crippen molar-refractivity contribution in [3.63, 3.8) is 0 Å². The lowest BCUT2D eigenvalue weighted by Crippen LogP contribution is -2.46. The highest BCUT2D eigenvalue weighted by Crippen LogP contribution is 2.38. The molecule has 4 rings (SSSR count). The molecule has 0 aliphatic carbocycles. The van der Waals surface area contributed by atoms with Crippen molar-refractivity contribution in [1.29, 1.82) is 0 Å². The highest BCUT2D eigenvalue weighted by molar-refractivity contribution is 6.05. The van der Waals surface area contributed by atoms with Crippen LogP contribution in [0.2, 0.25) is 0 Å². The molecule has 3 aromatic rings. The molecule has 0 unspecified atom stereocenters. The highest BCUT2D eigenvalue weighted by Gasteiger charge is 2.34. The number of hydrogen-bond acceptors (Lipinski definition) is 6. The van der Waals surface area contributed by atoms with Crippen molar-refractivity contribution in [3.8, 4) is 23.0 Å². The van der Waals surface area contributed by atoms with E-state index in [0.717, 1.165) is 0 Å². The van der Waals surface area contributed by atoms with Gasteiger partial charge in [-0.25, -0.2) is 0 Å². The van der Waals surface area contributed by atoms with Crippen LogP contribution in [0.15, 0.2) is 66.7 Å². The van der Waals surface area contributed by atoms with Crippen LogP contribution in [0, 0.1) is 0 Å². The Hall–Kier alpha value is -4.20. The number of rotatable bonds is 6. The maximum Gasteiger partial charge on any atom is 0.269 e. The Morgan fingerprint density at radius 1 is 0.788 bits per heavy atom. The lowest BCUT2D eigenvalue weighted by atomic mass is 10.1. The van der Waals surface area contributed by atoms with Gasteiger partial charge in [0.2, 0.25) is 6.10 Å². The Bertz CT molecular complexity index is 1160. The average Bonchev–Trinajstić information content (AvgIpc) is 2.84. The minimum absolute atomic E-state index is 0.298. The first-order chi connectivity index (χ1) is 16.0. The first kappa shape index (κ1) is 22.0. The third-order valence-electron chi connectivity index (χ3n) is 5.16. The molecule has 0 bridgehead atoms. The summed E-state index contributed by atoms with van der Waals surface area (Å²) in [7, 11) is 2.95. The Morgan fingerprint density at radius 2 is 1.33 bits per heavy atom. The molecule has 2 N–H and O–H groups in total. The highest BCUT2D eigenvalue weighted by atomic mass is 16.6. The maximum absolute atomic E-state index is 13.0. The van der Waals surface area contributed by atoms with Gasteiger partial charge in [-0.3, -0.25) is 9.59 Å². The zero-order valence-electron chi connectivity index (χ0n) is 18.5. The monoisotopic (exact) mass is 448 g/mol. The van der Waals surface area contributed by atoms with E-state index in [1.54, 1.807) is 55.5 Å². The number of ether oxygens (including phenoxy) is 4. The van der Waals surface area contributed by atoms with Crippen LogP contribution in [0.5, 0.6) is 23.0 Å². The van der Waals surface area contributed by atoms with Gasteiger partial charge >= 0.3 is 0 Å². The van der Waals surface area contributed by atoms with Crippen LogP contribution in [0.1, 0.15) is 17.3 Å². The zero-order chi connectivity index (χ0) is 23.4. The number of anilines is 2.